The van der Waals surface area contributed by atoms with Gasteiger partial charge in [0.2, 0.25) is 0 Å². The first-order valence-corrected chi connectivity index (χ1v) is 7.95. The second-order valence-electron chi connectivity index (χ2n) is 5.51. The van der Waals surface area contributed by atoms with E-state index >= 15 is 0 Å². The van der Waals surface area contributed by atoms with Crippen LogP contribution in [-0.4, -0.2) is 36.5 Å². The molecule has 0 radical (unpaired) electrons. The zero-order valence-electron chi connectivity index (χ0n) is 13.0. The van der Waals surface area contributed by atoms with Crippen molar-refractivity contribution in [1.29, 1.82) is 0 Å². The lowest BCUT2D eigenvalue weighted by Gasteiger charge is -2.32. The van der Waals surface area contributed by atoms with Crippen molar-refractivity contribution in [2.24, 2.45) is 11.7 Å². The molecule has 2 rings (SSSR count). The molecule has 116 valence electrons. The van der Waals surface area contributed by atoms with Crippen molar-refractivity contribution in [1.82, 2.24) is 4.90 Å². The molecule has 1 fully saturated rings. The topological polar surface area (TPSA) is 55.6 Å². The monoisotopic (exact) mass is 290 g/mol. The van der Waals surface area contributed by atoms with Crippen molar-refractivity contribution in [2.75, 3.05) is 19.7 Å². The van der Waals surface area contributed by atoms with Gasteiger partial charge in [0, 0.05) is 12.6 Å². The number of rotatable bonds is 6. The highest BCUT2D eigenvalue weighted by atomic mass is 16.5. The number of nitrogens with zero attached hydrogens (tertiary/aromatic N) is 1. The molecule has 0 bridgehead atoms. The molecular formula is C17H26N2O2. The number of para-hydroxylation sites is 1. The smallest absolute Gasteiger partial charge is 0.257 e. The average Bonchev–Trinajstić information content (AvgIpc) is 2.97. The highest BCUT2D eigenvalue weighted by Gasteiger charge is 2.34. The maximum absolute atomic E-state index is 12.9. The summed E-state index contributed by atoms with van der Waals surface area (Å²) in [5.41, 5.74) is 6.53. The zero-order chi connectivity index (χ0) is 15.2. The van der Waals surface area contributed by atoms with Gasteiger partial charge < -0.3 is 15.4 Å². The minimum atomic E-state index is 0.0619. The standard InChI is InChI=1S/C17H26N2O2/c1-3-19(15-10-7-8-13(15)12-18)17(20)14-9-5-6-11-16(14)21-4-2/h5-6,9,11,13,15H,3-4,7-8,10,12,18H2,1-2H3. The third-order valence-corrected chi connectivity index (χ3v) is 4.34. The first-order valence-electron chi connectivity index (χ1n) is 7.95. The molecule has 1 amide bonds. The molecule has 1 aliphatic carbocycles. The van der Waals surface area contributed by atoms with Gasteiger partial charge in [-0.3, -0.25) is 4.79 Å². The number of carbonyl (C=O) groups excluding carboxylic acids is 1. The van der Waals surface area contributed by atoms with Crippen LogP contribution in [0.5, 0.6) is 5.75 Å². The van der Waals surface area contributed by atoms with Crippen LogP contribution in [0.3, 0.4) is 0 Å². The molecule has 1 aromatic rings. The Morgan fingerprint density at radius 2 is 2.10 bits per heavy atom. The predicted molar refractivity (Wildman–Crippen MR) is 84.5 cm³/mol. The molecule has 0 aliphatic heterocycles. The molecule has 4 heteroatoms. The normalized spacial score (nSPS) is 21.3. The average molecular weight is 290 g/mol. The molecule has 0 heterocycles. The van der Waals surface area contributed by atoms with Crippen molar-refractivity contribution in [2.45, 2.75) is 39.2 Å². The van der Waals surface area contributed by atoms with Crippen LogP contribution in [0.2, 0.25) is 0 Å². The highest BCUT2D eigenvalue weighted by Crippen LogP contribution is 2.31. The predicted octanol–water partition coefficient (Wildman–Crippen LogP) is 2.67. The number of carbonyl (C=O) groups is 1. The van der Waals surface area contributed by atoms with Gasteiger partial charge in [0.15, 0.2) is 0 Å². The number of hydrogen-bond donors (Lipinski definition) is 1. The lowest BCUT2D eigenvalue weighted by atomic mass is 10.0. The third-order valence-electron chi connectivity index (χ3n) is 4.34. The van der Waals surface area contributed by atoms with Gasteiger partial charge in [-0.25, -0.2) is 0 Å². The Kier molecular flexibility index (Phi) is 5.62. The number of ether oxygens (including phenoxy) is 1. The van der Waals surface area contributed by atoms with Gasteiger partial charge in [-0.2, -0.15) is 0 Å². The highest BCUT2D eigenvalue weighted by molar-refractivity contribution is 5.97. The molecule has 21 heavy (non-hydrogen) atoms. The third kappa shape index (κ3) is 3.38. The van der Waals surface area contributed by atoms with Crippen LogP contribution >= 0.6 is 0 Å². The Bertz CT molecular complexity index is 476. The maximum Gasteiger partial charge on any atom is 0.257 e. The summed E-state index contributed by atoms with van der Waals surface area (Å²) in [5.74, 6) is 1.16. The van der Waals surface area contributed by atoms with Crippen molar-refractivity contribution in [3.63, 3.8) is 0 Å². The van der Waals surface area contributed by atoms with Crippen LogP contribution in [0, 0.1) is 5.92 Å². The molecule has 1 aliphatic rings. The van der Waals surface area contributed by atoms with Gasteiger partial charge >= 0.3 is 0 Å². The fourth-order valence-electron chi connectivity index (χ4n) is 3.31. The summed E-state index contributed by atoms with van der Waals surface area (Å²) in [7, 11) is 0. The second-order valence-corrected chi connectivity index (χ2v) is 5.51. The Morgan fingerprint density at radius 3 is 2.76 bits per heavy atom. The van der Waals surface area contributed by atoms with Gasteiger partial charge in [-0.15, -0.1) is 0 Å². The molecule has 0 saturated heterocycles. The molecule has 1 saturated carbocycles. The van der Waals surface area contributed by atoms with Crippen LogP contribution in [0.1, 0.15) is 43.5 Å². The Hall–Kier alpha value is -1.55. The summed E-state index contributed by atoms with van der Waals surface area (Å²) in [4.78, 5) is 14.9. The van der Waals surface area contributed by atoms with Crippen LogP contribution in [0.15, 0.2) is 24.3 Å². The number of amides is 1. The Labute approximate surface area is 127 Å². The van der Waals surface area contributed by atoms with E-state index in [1.807, 2.05) is 43.0 Å². The van der Waals surface area contributed by atoms with E-state index in [2.05, 4.69) is 0 Å². The van der Waals surface area contributed by atoms with Gasteiger partial charge in [0.1, 0.15) is 5.75 Å². The summed E-state index contributed by atoms with van der Waals surface area (Å²) < 4.78 is 5.60. The molecule has 0 aromatic heterocycles. The SMILES string of the molecule is CCOc1ccccc1C(=O)N(CC)C1CCCC1CN. The van der Waals surface area contributed by atoms with E-state index < -0.39 is 0 Å². The first-order chi connectivity index (χ1) is 10.2. The minimum Gasteiger partial charge on any atom is -0.493 e. The fourth-order valence-corrected chi connectivity index (χ4v) is 3.31. The van der Waals surface area contributed by atoms with E-state index in [0.717, 1.165) is 19.3 Å². The Morgan fingerprint density at radius 1 is 1.33 bits per heavy atom. The van der Waals surface area contributed by atoms with Gasteiger partial charge in [-0.05, 0) is 51.3 Å². The summed E-state index contributed by atoms with van der Waals surface area (Å²) in [6, 6.07) is 7.76. The van der Waals surface area contributed by atoms with Crippen LogP contribution in [0.4, 0.5) is 0 Å². The first kappa shape index (κ1) is 15.8. The zero-order valence-corrected chi connectivity index (χ0v) is 13.0. The van der Waals surface area contributed by atoms with Crippen molar-refractivity contribution in [3.05, 3.63) is 29.8 Å². The summed E-state index contributed by atoms with van der Waals surface area (Å²) in [6.45, 7) is 5.89. The molecule has 4 nitrogen and oxygen atoms in total. The number of hydrogen-bond acceptors (Lipinski definition) is 3. The van der Waals surface area contributed by atoms with Gasteiger partial charge in [-0.1, -0.05) is 18.6 Å². The van der Waals surface area contributed by atoms with Gasteiger partial charge in [0.25, 0.3) is 5.91 Å². The molecular weight excluding hydrogens is 264 g/mol. The second kappa shape index (κ2) is 7.46. The summed E-state index contributed by atoms with van der Waals surface area (Å²) in [5, 5.41) is 0. The maximum atomic E-state index is 12.9. The van der Waals surface area contributed by atoms with E-state index in [9.17, 15) is 4.79 Å². The fraction of sp³-hybridized carbons (Fsp3) is 0.588. The quantitative estimate of drug-likeness (QED) is 0.876. The molecule has 1 aromatic carbocycles. The van der Waals surface area contributed by atoms with E-state index in [1.165, 1.54) is 0 Å². The molecule has 2 N–H and O–H groups in total. The van der Waals surface area contributed by atoms with Crippen molar-refractivity contribution < 1.29 is 9.53 Å². The van der Waals surface area contributed by atoms with Crippen LogP contribution in [-0.2, 0) is 0 Å². The van der Waals surface area contributed by atoms with Crippen LogP contribution in [0.25, 0.3) is 0 Å². The van der Waals surface area contributed by atoms with Crippen LogP contribution < -0.4 is 10.5 Å². The minimum absolute atomic E-state index is 0.0619. The Balaban J connectivity index is 2.24. The molecule has 2 atom stereocenters. The number of nitrogens with two attached hydrogens (primary N) is 1. The molecule has 2 unspecified atom stereocenters. The van der Waals surface area contributed by atoms with Crippen molar-refractivity contribution in [3.8, 4) is 5.75 Å². The lowest BCUT2D eigenvalue weighted by molar-refractivity contribution is 0.0648. The lowest BCUT2D eigenvalue weighted by Crippen LogP contribution is -2.44. The van der Waals surface area contributed by atoms with Gasteiger partial charge in [0.05, 0.1) is 12.2 Å². The number of benzene rings is 1. The largest absolute Gasteiger partial charge is 0.493 e. The summed E-state index contributed by atoms with van der Waals surface area (Å²) >= 11 is 0. The summed E-state index contributed by atoms with van der Waals surface area (Å²) in [6.07, 6.45) is 3.33. The van der Waals surface area contributed by atoms with E-state index in [-0.39, 0.29) is 11.9 Å². The van der Waals surface area contributed by atoms with E-state index in [1.54, 1.807) is 0 Å². The van der Waals surface area contributed by atoms with E-state index in [4.69, 9.17) is 10.5 Å². The van der Waals surface area contributed by atoms with Crippen molar-refractivity contribution >= 4 is 5.91 Å². The van der Waals surface area contributed by atoms with E-state index in [0.29, 0.717) is 36.9 Å². The molecule has 0 spiro atoms.